The zero-order valence-electron chi connectivity index (χ0n) is 11.1. The Labute approximate surface area is 117 Å². The fourth-order valence-electron chi connectivity index (χ4n) is 2.29. The number of hydrogen-bond acceptors (Lipinski definition) is 3. The van der Waals surface area contributed by atoms with E-state index in [1.54, 1.807) is 11.3 Å². The summed E-state index contributed by atoms with van der Waals surface area (Å²) in [6.45, 7) is 2.10. The average molecular weight is 274 g/mol. The molecular formula is C15H18N2OS. The Kier molecular flexibility index (Phi) is 3.51. The number of aryl methyl sites for hydroxylation is 1. The van der Waals surface area contributed by atoms with Gasteiger partial charge in [0.15, 0.2) is 0 Å². The second-order valence-electron chi connectivity index (χ2n) is 5.27. The van der Waals surface area contributed by atoms with E-state index in [4.69, 9.17) is 0 Å². The van der Waals surface area contributed by atoms with Crippen LogP contribution in [0.1, 0.15) is 31.2 Å². The number of fused-ring (bicyclic) bond motifs is 1. The monoisotopic (exact) mass is 274 g/mol. The third kappa shape index (κ3) is 3.13. The Balaban J connectivity index is 1.54. The van der Waals surface area contributed by atoms with Crippen LogP contribution in [0.4, 0.5) is 0 Å². The maximum atomic E-state index is 11.8. The smallest absolute Gasteiger partial charge is 0.220 e. The van der Waals surface area contributed by atoms with Gasteiger partial charge in [-0.15, -0.1) is 11.3 Å². The van der Waals surface area contributed by atoms with Gasteiger partial charge in [-0.25, -0.2) is 4.98 Å². The number of aromatic nitrogens is 1. The van der Waals surface area contributed by atoms with Crippen LogP contribution in [0, 0.1) is 5.92 Å². The van der Waals surface area contributed by atoms with Crippen molar-refractivity contribution in [3.63, 3.8) is 0 Å². The molecule has 1 fully saturated rings. The Hall–Kier alpha value is -1.42. The van der Waals surface area contributed by atoms with Gasteiger partial charge in [0.2, 0.25) is 5.91 Å². The third-order valence-electron chi connectivity index (χ3n) is 3.62. The fraction of sp³-hybridized carbons (Fsp3) is 0.467. The molecule has 1 aliphatic rings. The molecule has 3 nitrogen and oxygen atoms in total. The number of thiazole rings is 1. The molecule has 0 unspecified atom stereocenters. The van der Waals surface area contributed by atoms with Crippen molar-refractivity contribution < 1.29 is 4.79 Å². The highest BCUT2D eigenvalue weighted by Crippen LogP contribution is 2.32. The van der Waals surface area contributed by atoms with Crippen LogP contribution in [0.25, 0.3) is 10.2 Å². The number of benzene rings is 1. The molecule has 2 aromatic rings. The predicted octanol–water partition coefficient (Wildman–Crippen LogP) is 3.14. The van der Waals surface area contributed by atoms with Gasteiger partial charge in [-0.3, -0.25) is 4.79 Å². The van der Waals surface area contributed by atoms with E-state index >= 15 is 0 Å². The number of hydrogen-bond donors (Lipinski definition) is 1. The van der Waals surface area contributed by atoms with Gasteiger partial charge in [0.1, 0.15) is 0 Å². The molecule has 1 aliphatic carbocycles. The standard InChI is InChI=1S/C15H18N2OS/c1-10(11-6-7-11)16-14(18)8-9-15-17-12-4-2-3-5-13(12)19-15/h2-5,10-11H,6-9H2,1H3,(H,16,18)/t10-/m0/s1. The van der Waals surface area contributed by atoms with E-state index < -0.39 is 0 Å². The average Bonchev–Trinajstić information content (AvgIpc) is 3.16. The van der Waals surface area contributed by atoms with Crippen molar-refractivity contribution in [2.75, 3.05) is 0 Å². The maximum absolute atomic E-state index is 11.8. The van der Waals surface area contributed by atoms with E-state index in [9.17, 15) is 4.79 Å². The second kappa shape index (κ2) is 5.29. The first-order chi connectivity index (χ1) is 9.22. The number of nitrogens with one attached hydrogen (secondary N) is 1. The van der Waals surface area contributed by atoms with Gasteiger partial charge in [-0.2, -0.15) is 0 Å². The minimum absolute atomic E-state index is 0.152. The summed E-state index contributed by atoms with van der Waals surface area (Å²) in [5.41, 5.74) is 1.04. The van der Waals surface area contributed by atoms with Gasteiger partial charge in [0.25, 0.3) is 0 Å². The van der Waals surface area contributed by atoms with Gasteiger partial charge in [-0.05, 0) is 37.8 Å². The zero-order valence-corrected chi connectivity index (χ0v) is 11.9. The molecule has 19 heavy (non-hydrogen) atoms. The van der Waals surface area contributed by atoms with Crippen LogP contribution >= 0.6 is 11.3 Å². The number of para-hydroxylation sites is 1. The Bertz CT molecular complexity index is 556. The van der Waals surface area contributed by atoms with Crippen molar-refractivity contribution in [3.05, 3.63) is 29.3 Å². The Morgan fingerprint density at radius 1 is 1.47 bits per heavy atom. The zero-order chi connectivity index (χ0) is 13.2. The molecule has 100 valence electrons. The first-order valence-electron chi connectivity index (χ1n) is 6.86. The van der Waals surface area contributed by atoms with Crippen molar-refractivity contribution in [2.24, 2.45) is 5.92 Å². The van der Waals surface area contributed by atoms with Crippen molar-refractivity contribution in [1.82, 2.24) is 10.3 Å². The van der Waals surface area contributed by atoms with Crippen LogP contribution in [0.15, 0.2) is 24.3 Å². The number of carbonyl (C=O) groups excluding carboxylic acids is 1. The van der Waals surface area contributed by atoms with Crippen molar-refractivity contribution in [1.29, 1.82) is 0 Å². The van der Waals surface area contributed by atoms with Crippen molar-refractivity contribution in [2.45, 2.75) is 38.6 Å². The third-order valence-corrected chi connectivity index (χ3v) is 4.72. The maximum Gasteiger partial charge on any atom is 0.220 e. The molecule has 1 N–H and O–H groups in total. The molecule has 1 heterocycles. The number of nitrogens with zero attached hydrogens (tertiary/aromatic N) is 1. The van der Waals surface area contributed by atoms with Gasteiger partial charge < -0.3 is 5.32 Å². The fourth-order valence-corrected chi connectivity index (χ4v) is 3.25. The lowest BCUT2D eigenvalue weighted by Gasteiger charge is -2.11. The van der Waals surface area contributed by atoms with E-state index in [-0.39, 0.29) is 5.91 Å². The first kappa shape index (κ1) is 12.6. The van der Waals surface area contributed by atoms with Gasteiger partial charge >= 0.3 is 0 Å². The Morgan fingerprint density at radius 2 is 2.26 bits per heavy atom. The summed E-state index contributed by atoms with van der Waals surface area (Å²) >= 11 is 1.69. The molecule has 1 aromatic heterocycles. The van der Waals surface area contributed by atoms with Crippen LogP contribution in [0.2, 0.25) is 0 Å². The second-order valence-corrected chi connectivity index (χ2v) is 6.38. The molecule has 1 atom stereocenters. The van der Waals surface area contributed by atoms with Crippen LogP contribution in [0.5, 0.6) is 0 Å². The molecule has 0 spiro atoms. The summed E-state index contributed by atoms with van der Waals surface area (Å²) in [6.07, 6.45) is 3.80. The first-order valence-corrected chi connectivity index (χ1v) is 7.68. The number of rotatable bonds is 5. The van der Waals surface area contributed by atoms with Crippen LogP contribution < -0.4 is 5.32 Å². The molecule has 0 saturated heterocycles. The summed E-state index contributed by atoms with van der Waals surface area (Å²) in [5, 5.41) is 4.14. The minimum Gasteiger partial charge on any atom is -0.353 e. The predicted molar refractivity (Wildman–Crippen MR) is 78.3 cm³/mol. The summed E-state index contributed by atoms with van der Waals surface area (Å²) in [4.78, 5) is 16.4. The number of carbonyl (C=O) groups is 1. The minimum atomic E-state index is 0.152. The quantitative estimate of drug-likeness (QED) is 0.910. The molecule has 1 aromatic carbocycles. The molecule has 1 saturated carbocycles. The number of amides is 1. The highest BCUT2D eigenvalue weighted by Gasteiger charge is 2.28. The van der Waals surface area contributed by atoms with Gasteiger partial charge in [0.05, 0.1) is 15.2 Å². The summed E-state index contributed by atoms with van der Waals surface area (Å²) < 4.78 is 1.20. The Morgan fingerprint density at radius 3 is 3.00 bits per heavy atom. The summed E-state index contributed by atoms with van der Waals surface area (Å²) in [5.74, 6) is 0.866. The topological polar surface area (TPSA) is 42.0 Å². The molecule has 0 radical (unpaired) electrons. The lowest BCUT2D eigenvalue weighted by atomic mass is 10.2. The largest absolute Gasteiger partial charge is 0.353 e. The normalized spacial score (nSPS) is 16.5. The molecule has 4 heteroatoms. The van der Waals surface area contributed by atoms with E-state index in [1.165, 1.54) is 17.5 Å². The van der Waals surface area contributed by atoms with E-state index in [2.05, 4.69) is 23.3 Å². The SMILES string of the molecule is C[C@H](NC(=O)CCc1nc2ccccc2s1)C1CC1. The summed E-state index contributed by atoms with van der Waals surface area (Å²) in [6, 6.07) is 8.45. The van der Waals surface area contributed by atoms with Gasteiger partial charge in [0, 0.05) is 18.9 Å². The molecule has 0 bridgehead atoms. The van der Waals surface area contributed by atoms with Crippen molar-refractivity contribution >= 4 is 27.5 Å². The molecule has 3 rings (SSSR count). The summed E-state index contributed by atoms with van der Waals surface area (Å²) in [7, 11) is 0. The van der Waals surface area contributed by atoms with E-state index in [1.807, 2.05) is 18.2 Å². The van der Waals surface area contributed by atoms with Crippen LogP contribution in [-0.2, 0) is 11.2 Å². The molecular weight excluding hydrogens is 256 g/mol. The molecule has 1 amide bonds. The lowest BCUT2D eigenvalue weighted by Crippen LogP contribution is -2.34. The van der Waals surface area contributed by atoms with Crippen LogP contribution in [0.3, 0.4) is 0 Å². The van der Waals surface area contributed by atoms with Crippen molar-refractivity contribution in [3.8, 4) is 0 Å². The van der Waals surface area contributed by atoms with E-state index in [0.717, 1.165) is 16.9 Å². The highest BCUT2D eigenvalue weighted by atomic mass is 32.1. The van der Waals surface area contributed by atoms with Gasteiger partial charge in [-0.1, -0.05) is 12.1 Å². The molecule has 0 aliphatic heterocycles. The lowest BCUT2D eigenvalue weighted by molar-refractivity contribution is -0.121. The van der Waals surface area contributed by atoms with E-state index in [0.29, 0.717) is 18.4 Å². The van der Waals surface area contributed by atoms with Crippen LogP contribution in [-0.4, -0.2) is 16.9 Å². The highest BCUT2D eigenvalue weighted by molar-refractivity contribution is 7.18.